The lowest BCUT2D eigenvalue weighted by atomic mass is 9.79. The second kappa shape index (κ2) is 4.98. The first-order valence-electron chi connectivity index (χ1n) is 6.72. The summed E-state index contributed by atoms with van der Waals surface area (Å²) >= 11 is 1.61. The van der Waals surface area contributed by atoms with Gasteiger partial charge in [0.2, 0.25) is 5.13 Å². The molecule has 0 saturated carbocycles. The van der Waals surface area contributed by atoms with Gasteiger partial charge in [-0.15, -0.1) is 10.2 Å². The van der Waals surface area contributed by atoms with Gasteiger partial charge in [-0.05, 0) is 36.8 Å². The molecule has 0 unspecified atom stereocenters. The molecule has 20 heavy (non-hydrogen) atoms. The number of hydrogen-bond acceptors (Lipinski definition) is 5. The molecule has 1 aromatic heterocycles. The number of para-hydroxylation sites is 1. The minimum atomic E-state index is 0.138. The number of phenolic OH excluding ortho intramolecular Hbond substituents is 1. The lowest BCUT2D eigenvalue weighted by Gasteiger charge is -2.27. The van der Waals surface area contributed by atoms with Crippen LogP contribution in [0.1, 0.15) is 30.8 Å². The monoisotopic (exact) mass is 287 g/mol. The zero-order chi connectivity index (χ0) is 14.2. The van der Waals surface area contributed by atoms with Crippen molar-refractivity contribution in [2.24, 2.45) is 15.6 Å². The molecule has 1 heterocycles. The second-order valence-corrected chi connectivity index (χ2v) is 6.96. The molecule has 1 aliphatic carbocycles. The van der Waals surface area contributed by atoms with E-state index in [2.05, 4.69) is 29.1 Å². The van der Waals surface area contributed by atoms with E-state index in [0.717, 1.165) is 18.5 Å². The average molecular weight is 287 g/mol. The van der Waals surface area contributed by atoms with Gasteiger partial charge in [0, 0.05) is 4.88 Å². The van der Waals surface area contributed by atoms with Crippen molar-refractivity contribution in [2.45, 2.75) is 33.1 Å². The van der Waals surface area contributed by atoms with Gasteiger partial charge >= 0.3 is 0 Å². The van der Waals surface area contributed by atoms with E-state index in [9.17, 15) is 5.11 Å². The van der Waals surface area contributed by atoms with Crippen molar-refractivity contribution < 1.29 is 5.11 Å². The Labute approximate surface area is 122 Å². The predicted octanol–water partition coefficient (Wildman–Crippen LogP) is 4.78. The van der Waals surface area contributed by atoms with Gasteiger partial charge in [0.1, 0.15) is 11.4 Å². The summed E-state index contributed by atoms with van der Waals surface area (Å²) in [6.45, 7) is 4.55. The molecule has 5 heteroatoms. The van der Waals surface area contributed by atoms with Crippen LogP contribution in [0, 0.1) is 5.41 Å². The number of fused-ring (bicyclic) bond motifs is 1. The highest BCUT2D eigenvalue weighted by atomic mass is 32.1. The molecule has 0 spiro atoms. The summed E-state index contributed by atoms with van der Waals surface area (Å²) in [6, 6.07) is 6.92. The van der Waals surface area contributed by atoms with Gasteiger partial charge in [0.15, 0.2) is 0 Å². The number of aromatic hydroxyl groups is 1. The fourth-order valence-electron chi connectivity index (χ4n) is 2.38. The van der Waals surface area contributed by atoms with Gasteiger partial charge in [-0.2, -0.15) is 0 Å². The van der Waals surface area contributed by atoms with Crippen molar-refractivity contribution >= 4 is 22.2 Å². The molecule has 0 bridgehead atoms. The number of nitrogens with zero attached hydrogens (tertiary/aromatic N) is 3. The predicted molar refractivity (Wildman–Crippen MR) is 80.2 cm³/mol. The number of rotatable bonds is 2. The largest absolute Gasteiger partial charge is 0.506 e. The summed E-state index contributed by atoms with van der Waals surface area (Å²) in [5.41, 5.74) is 1.96. The first-order chi connectivity index (χ1) is 9.53. The molecule has 2 aromatic rings. The van der Waals surface area contributed by atoms with Gasteiger partial charge in [-0.3, -0.25) is 0 Å². The van der Waals surface area contributed by atoms with E-state index in [4.69, 9.17) is 0 Å². The fraction of sp³-hybridized carbons (Fsp3) is 0.400. The van der Waals surface area contributed by atoms with Gasteiger partial charge in [-0.25, -0.2) is 4.98 Å². The van der Waals surface area contributed by atoms with Crippen LogP contribution in [0.4, 0.5) is 10.8 Å². The van der Waals surface area contributed by atoms with Crippen LogP contribution >= 0.6 is 11.3 Å². The average Bonchev–Trinajstić information content (AvgIpc) is 2.78. The SMILES string of the molecule is CC1(C)CCc2sc(N=Nc3ccccc3O)nc2C1. The molecule has 1 aliphatic rings. The molecule has 3 rings (SSSR count). The second-order valence-electron chi connectivity index (χ2n) is 5.90. The van der Waals surface area contributed by atoms with E-state index < -0.39 is 0 Å². The smallest absolute Gasteiger partial charge is 0.230 e. The van der Waals surface area contributed by atoms with Gasteiger partial charge in [-0.1, -0.05) is 37.3 Å². The van der Waals surface area contributed by atoms with E-state index in [1.165, 1.54) is 11.3 Å². The number of azo groups is 1. The number of hydrogen-bond donors (Lipinski definition) is 1. The van der Waals surface area contributed by atoms with E-state index >= 15 is 0 Å². The number of aromatic nitrogens is 1. The quantitative estimate of drug-likeness (QED) is 0.808. The molecule has 1 N–H and O–H groups in total. The van der Waals surface area contributed by atoms with Crippen LogP contribution in [-0.2, 0) is 12.8 Å². The third kappa shape index (κ3) is 2.72. The van der Waals surface area contributed by atoms with Crippen molar-refractivity contribution in [1.82, 2.24) is 4.98 Å². The minimum absolute atomic E-state index is 0.138. The maximum absolute atomic E-state index is 9.65. The fourth-order valence-corrected chi connectivity index (χ4v) is 3.28. The maximum Gasteiger partial charge on any atom is 0.230 e. The molecule has 0 radical (unpaired) electrons. The van der Waals surface area contributed by atoms with Crippen LogP contribution < -0.4 is 0 Å². The maximum atomic E-state index is 9.65. The Balaban J connectivity index is 1.83. The Morgan fingerprint density at radius 2 is 2.05 bits per heavy atom. The van der Waals surface area contributed by atoms with Crippen molar-refractivity contribution in [3.05, 3.63) is 34.8 Å². The lowest BCUT2D eigenvalue weighted by molar-refractivity contribution is 0.314. The molecular weight excluding hydrogens is 270 g/mol. The molecule has 0 saturated heterocycles. The summed E-state index contributed by atoms with van der Waals surface area (Å²) in [4.78, 5) is 5.90. The minimum Gasteiger partial charge on any atom is -0.506 e. The summed E-state index contributed by atoms with van der Waals surface area (Å²) in [6.07, 6.45) is 3.27. The van der Waals surface area contributed by atoms with Crippen LogP contribution in [0.3, 0.4) is 0 Å². The van der Waals surface area contributed by atoms with Crippen molar-refractivity contribution in [1.29, 1.82) is 0 Å². The topological polar surface area (TPSA) is 57.8 Å². The first kappa shape index (κ1) is 13.2. The van der Waals surface area contributed by atoms with Gasteiger partial charge in [0.05, 0.1) is 5.69 Å². The first-order valence-corrected chi connectivity index (χ1v) is 7.53. The molecule has 0 fully saturated rings. The molecular formula is C15H17N3OS. The highest BCUT2D eigenvalue weighted by Crippen LogP contribution is 2.39. The number of benzene rings is 1. The Bertz CT molecular complexity index is 661. The molecule has 0 aliphatic heterocycles. The summed E-state index contributed by atoms with van der Waals surface area (Å²) < 4.78 is 0. The number of thiazole rings is 1. The normalized spacial score (nSPS) is 17.3. The Hall–Kier alpha value is -1.75. The molecule has 0 atom stereocenters. The zero-order valence-corrected chi connectivity index (χ0v) is 12.4. The highest BCUT2D eigenvalue weighted by molar-refractivity contribution is 7.15. The van der Waals surface area contributed by atoms with Crippen molar-refractivity contribution in [3.63, 3.8) is 0 Å². The third-order valence-electron chi connectivity index (χ3n) is 3.57. The third-order valence-corrected chi connectivity index (χ3v) is 4.61. The van der Waals surface area contributed by atoms with E-state index in [1.807, 2.05) is 6.07 Å². The van der Waals surface area contributed by atoms with Crippen molar-refractivity contribution in [2.75, 3.05) is 0 Å². The molecule has 1 aromatic carbocycles. The summed E-state index contributed by atoms with van der Waals surface area (Å²) in [5, 5.41) is 18.6. The van der Waals surface area contributed by atoms with E-state index in [1.54, 1.807) is 29.5 Å². The van der Waals surface area contributed by atoms with Crippen LogP contribution in [0.2, 0.25) is 0 Å². The van der Waals surface area contributed by atoms with Crippen molar-refractivity contribution in [3.8, 4) is 5.75 Å². The number of aryl methyl sites for hydroxylation is 1. The Morgan fingerprint density at radius 3 is 2.85 bits per heavy atom. The molecule has 0 amide bonds. The lowest BCUT2D eigenvalue weighted by Crippen LogP contribution is -2.21. The summed E-state index contributed by atoms with van der Waals surface area (Å²) in [5.74, 6) is 0.138. The number of phenols is 1. The summed E-state index contributed by atoms with van der Waals surface area (Å²) in [7, 11) is 0. The van der Waals surface area contributed by atoms with Crippen LogP contribution in [0.25, 0.3) is 0 Å². The van der Waals surface area contributed by atoms with E-state index in [-0.39, 0.29) is 5.75 Å². The highest BCUT2D eigenvalue weighted by Gasteiger charge is 2.28. The Morgan fingerprint density at radius 1 is 1.25 bits per heavy atom. The zero-order valence-electron chi connectivity index (χ0n) is 11.6. The standard InChI is InChI=1S/C15H17N3OS/c1-15(2)8-7-13-11(9-15)16-14(20-13)18-17-10-5-3-4-6-12(10)19/h3-6,19H,7-9H2,1-2H3. The van der Waals surface area contributed by atoms with Crippen LogP contribution in [-0.4, -0.2) is 10.1 Å². The van der Waals surface area contributed by atoms with E-state index in [0.29, 0.717) is 16.2 Å². The van der Waals surface area contributed by atoms with Crippen LogP contribution in [0.5, 0.6) is 5.75 Å². The Kier molecular flexibility index (Phi) is 3.30. The molecule has 104 valence electrons. The van der Waals surface area contributed by atoms with Gasteiger partial charge < -0.3 is 5.11 Å². The molecule has 4 nitrogen and oxygen atoms in total. The van der Waals surface area contributed by atoms with Crippen LogP contribution in [0.15, 0.2) is 34.5 Å². The van der Waals surface area contributed by atoms with Gasteiger partial charge in [0.25, 0.3) is 0 Å².